The van der Waals surface area contributed by atoms with E-state index in [1.165, 1.54) is 0 Å². The number of H-pyrrole nitrogens is 1. The van der Waals surface area contributed by atoms with E-state index in [1.807, 2.05) is 13.1 Å². The molecule has 31 heavy (non-hydrogen) atoms. The van der Waals surface area contributed by atoms with Gasteiger partial charge >= 0.3 is 6.18 Å². The van der Waals surface area contributed by atoms with Crippen LogP contribution in [0.15, 0.2) is 30.5 Å². The number of hydrogen-bond donors (Lipinski definition) is 2. The van der Waals surface area contributed by atoms with Gasteiger partial charge in [-0.25, -0.2) is 4.98 Å². The highest BCUT2D eigenvalue weighted by molar-refractivity contribution is 6.35. The lowest BCUT2D eigenvalue weighted by atomic mass is 10.2. The molecule has 162 valence electrons. The van der Waals surface area contributed by atoms with Crippen molar-refractivity contribution in [2.75, 3.05) is 6.54 Å². The normalized spacial score (nSPS) is 12.0. The quantitative estimate of drug-likeness (QED) is 0.461. The molecule has 0 atom stereocenters. The molecule has 0 spiro atoms. The molecule has 1 aromatic carbocycles. The van der Waals surface area contributed by atoms with Crippen LogP contribution in [-0.2, 0) is 19.0 Å². The van der Waals surface area contributed by atoms with Crippen LogP contribution in [0.5, 0.6) is 0 Å². The van der Waals surface area contributed by atoms with Gasteiger partial charge in [0.25, 0.3) is 5.91 Å². The van der Waals surface area contributed by atoms with Crippen molar-refractivity contribution in [2.24, 2.45) is 0 Å². The van der Waals surface area contributed by atoms with E-state index in [2.05, 4.69) is 25.5 Å². The van der Waals surface area contributed by atoms with Crippen molar-refractivity contribution in [2.45, 2.75) is 32.4 Å². The van der Waals surface area contributed by atoms with Crippen molar-refractivity contribution in [3.8, 4) is 0 Å². The molecular formula is C20H18ClF3N6O. The third-order valence-corrected chi connectivity index (χ3v) is 5.08. The minimum absolute atomic E-state index is 0.0854. The first-order chi connectivity index (χ1) is 14.8. The summed E-state index contributed by atoms with van der Waals surface area (Å²) in [5.41, 5.74) is 0.460. The fraction of sp³-hybridized carbons (Fsp3) is 0.300. The smallest absolute Gasteiger partial charge is 0.351 e. The largest absolute Gasteiger partial charge is 0.416 e. The Morgan fingerprint density at radius 1 is 1.26 bits per heavy atom. The highest BCUT2D eigenvalue weighted by Crippen LogP contribution is 2.34. The van der Waals surface area contributed by atoms with Crippen LogP contribution in [0.2, 0.25) is 5.02 Å². The molecule has 0 unspecified atom stereocenters. The van der Waals surface area contributed by atoms with Gasteiger partial charge in [0.15, 0.2) is 5.65 Å². The summed E-state index contributed by atoms with van der Waals surface area (Å²) in [6.45, 7) is 2.26. The van der Waals surface area contributed by atoms with Crippen LogP contribution in [0.1, 0.15) is 40.9 Å². The van der Waals surface area contributed by atoms with Crippen molar-refractivity contribution in [1.82, 2.24) is 29.9 Å². The Bertz CT molecular complexity index is 1260. The second-order valence-corrected chi connectivity index (χ2v) is 7.43. The molecule has 1 amide bonds. The zero-order valence-electron chi connectivity index (χ0n) is 16.4. The Kier molecular flexibility index (Phi) is 5.57. The number of nitrogens with zero attached hydrogens (tertiary/aromatic N) is 4. The molecule has 0 radical (unpaired) electrons. The number of nitrogens with one attached hydrogen (secondary N) is 2. The summed E-state index contributed by atoms with van der Waals surface area (Å²) < 4.78 is 40.7. The van der Waals surface area contributed by atoms with Crippen molar-refractivity contribution in [1.29, 1.82) is 0 Å². The van der Waals surface area contributed by atoms with Crippen LogP contribution in [0.3, 0.4) is 0 Å². The highest BCUT2D eigenvalue weighted by atomic mass is 35.5. The Morgan fingerprint density at radius 2 is 2.06 bits per heavy atom. The third kappa shape index (κ3) is 4.20. The minimum atomic E-state index is -4.50. The van der Waals surface area contributed by atoms with Gasteiger partial charge in [0, 0.05) is 25.6 Å². The standard InChI is InChI=1S/C20H18ClF3N6O/c1-2-4-16-28-29-18-12(5-3-8-30(16)18)19(31)25-7-6-15-26-14-10-11(20(22,23)24)9-13(21)17(14)27-15/h3,5,8-10H,2,4,6-7H2,1H3,(H,25,31)(H,26,27). The molecule has 3 aromatic heterocycles. The summed E-state index contributed by atoms with van der Waals surface area (Å²) in [6.07, 6.45) is -0.754. The maximum Gasteiger partial charge on any atom is 0.416 e. The van der Waals surface area contributed by atoms with Crippen LogP contribution in [0.25, 0.3) is 16.7 Å². The fourth-order valence-electron chi connectivity index (χ4n) is 3.33. The van der Waals surface area contributed by atoms with E-state index in [0.29, 0.717) is 17.0 Å². The molecule has 0 aliphatic carbocycles. The molecule has 11 heteroatoms. The Morgan fingerprint density at radius 3 is 2.81 bits per heavy atom. The number of halogens is 4. The van der Waals surface area contributed by atoms with Gasteiger partial charge in [0.2, 0.25) is 0 Å². The zero-order chi connectivity index (χ0) is 22.2. The number of rotatable bonds is 6. The van der Waals surface area contributed by atoms with E-state index in [4.69, 9.17) is 11.6 Å². The lowest BCUT2D eigenvalue weighted by Gasteiger charge is -2.06. The molecule has 4 rings (SSSR count). The van der Waals surface area contributed by atoms with Gasteiger partial charge in [-0.1, -0.05) is 18.5 Å². The van der Waals surface area contributed by atoms with Gasteiger partial charge in [-0.05, 0) is 30.7 Å². The molecule has 0 saturated carbocycles. The molecule has 0 fully saturated rings. The average Bonchev–Trinajstić information content (AvgIpc) is 3.32. The van der Waals surface area contributed by atoms with E-state index < -0.39 is 11.7 Å². The summed E-state index contributed by atoms with van der Waals surface area (Å²) in [4.78, 5) is 19.7. The number of fused-ring (bicyclic) bond motifs is 2. The van der Waals surface area contributed by atoms with E-state index in [0.717, 1.165) is 30.8 Å². The van der Waals surface area contributed by atoms with Crippen molar-refractivity contribution in [3.05, 3.63) is 58.3 Å². The monoisotopic (exact) mass is 450 g/mol. The van der Waals surface area contributed by atoms with Crippen LogP contribution in [0.4, 0.5) is 13.2 Å². The molecule has 0 aliphatic heterocycles. The zero-order valence-corrected chi connectivity index (χ0v) is 17.2. The number of pyridine rings is 1. The van der Waals surface area contributed by atoms with E-state index >= 15 is 0 Å². The molecule has 0 aliphatic rings. The van der Waals surface area contributed by atoms with Gasteiger partial charge in [0.1, 0.15) is 17.2 Å². The summed E-state index contributed by atoms with van der Waals surface area (Å²) >= 11 is 5.96. The predicted molar refractivity (Wildman–Crippen MR) is 109 cm³/mol. The number of amides is 1. The van der Waals surface area contributed by atoms with Gasteiger partial charge in [-0.2, -0.15) is 13.2 Å². The Labute approximate surface area is 179 Å². The summed E-state index contributed by atoms with van der Waals surface area (Å²) in [6, 6.07) is 5.23. The minimum Gasteiger partial charge on any atom is -0.351 e. The van der Waals surface area contributed by atoms with Crippen molar-refractivity contribution >= 4 is 34.2 Å². The summed E-state index contributed by atoms with van der Waals surface area (Å²) in [5, 5.41) is 11.0. The van der Waals surface area contributed by atoms with Gasteiger partial charge in [-0.3, -0.25) is 9.20 Å². The van der Waals surface area contributed by atoms with Crippen molar-refractivity contribution in [3.63, 3.8) is 0 Å². The van der Waals surface area contributed by atoms with Crippen LogP contribution >= 0.6 is 11.6 Å². The van der Waals surface area contributed by atoms with E-state index in [9.17, 15) is 18.0 Å². The maximum atomic E-state index is 13.0. The first kappa shape index (κ1) is 21.1. The molecule has 0 bridgehead atoms. The molecule has 3 heterocycles. The number of imidazole rings is 1. The van der Waals surface area contributed by atoms with Crippen LogP contribution < -0.4 is 5.32 Å². The third-order valence-electron chi connectivity index (χ3n) is 4.79. The lowest BCUT2D eigenvalue weighted by Crippen LogP contribution is -2.26. The topological polar surface area (TPSA) is 88.0 Å². The number of aromatic amines is 1. The second-order valence-electron chi connectivity index (χ2n) is 7.02. The second kappa shape index (κ2) is 8.18. The van der Waals surface area contributed by atoms with Crippen LogP contribution in [0, 0.1) is 0 Å². The number of aryl methyl sites for hydroxylation is 1. The molecule has 7 nitrogen and oxygen atoms in total. The maximum absolute atomic E-state index is 13.0. The summed E-state index contributed by atoms with van der Waals surface area (Å²) in [7, 11) is 0. The number of alkyl halides is 3. The van der Waals surface area contributed by atoms with Gasteiger partial charge in [0.05, 0.1) is 21.7 Å². The SMILES string of the molecule is CCCc1nnc2c(C(=O)NCCc3nc4c(Cl)cc(C(F)(F)F)cc4[nH]3)cccn12. The van der Waals surface area contributed by atoms with Crippen molar-refractivity contribution < 1.29 is 18.0 Å². The number of hydrogen-bond acceptors (Lipinski definition) is 4. The number of benzene rings is 1. The number of aromatic nitrogens is 5. The van der Waals surface area contributed by atoms with Crippen LogP contribution in [-0.4, -0.2) is 37.0 Å². The van der Waals surface area contributed by atoms with Gasteiger partial charge < -0.3 is 10.3 Å². The molecular weight excluding hydrogens is 433 g/mol. The Balaban J connectivity index is 1.47. The first-order valence-electron chi connectivity index (χ1n) is 9.64. The predicted octanol–water partition coefficient (Wildman–Crippen LogP) is 4.20. The van der Waals surface area contributed by atoms with Gasteiger partial charge in [-0.15, -0.1) is 10.2 Å². The molecule has 4 aromatic rings. The summed E-state index contributed by atoms with van der Waals surface area (Å²) in [5.74, 6) is 0.876. The highest BCUT2D eigenvalue weighted by Gasteiger charge is 2.31. The molecule has 0 saturated heterocycles. The number of carbonyl (C=O) groups excluding carboxylic acids is 1. The average molecular weight is 451 g/mol. The first-order valence-corrected chi connectivity index (χ1v) is 10.0. The number of carbonyl (C=O) groups is 1. The Hall–Kier alpha value is -3.14. The van der Waals surface area contributed by atoms with E-state index in [-0.39, 0.29) is 34.9 Å². The van der Waals surface area contributed by atoms with E-state index in [1.54, 1.807) is 16.5 Å². The lowest BCUT2D eigenvalue weighted by molar-refractivity contribution is -0.137. The fourth-order valence-corrected chi connectivity index (χ4v) is 3.59. The molecule has 2 N–H and O–H groups in total.